The summed E-state index contributed by atoms with van der Waals surface area (Å²) in [5, 5.41) is 4.43. The number of anilines is 1. The molecule has 0 amide bonds. The molecule has 1 aromatic carbocycles. The molecule has 26 heavy (non-hydrogen) atoms. The average Bonchev–Trinajstić information content (AvgIpc) is 3.28. The number of benzene rings is 1. The number of nitrogens with zero attached hydrogens (tertiary/aromatic N) is 5. The van der Waals surface area contributed by atoms with Crippen molar-refractivity contribution in [1.29, 1.82) is 0 Å². The fraction of sp³-hybridized carbons (Fsp3) is 0.350. The summed E-state index contributed by atoms with van der Waals surface area (Å²) in [5.41, 5.74) is 4.18. The van der Waals surface area contributed by atoms with Crippen molar-refractivity contribution in [3.05, 3.63) is 54.0 Å². The second-order valence-electron chi connectivity index (χ2n) is 6.67. The third kappa shape index (κ3) is 3.03. The fourth-order valence-corrected chi connectivity index (χ4v) is 3.69. The largest absolute Gasteiger partial charge is 0.497 e. The van der Waals surface area contributed by atoms with Crippen molar-refractivity contribution in [3.8, 4) is 17.0 Å². The van der Waals surface area contributed by atoms with E-state index in [2.05, 4.69) is 27.1 Å². The van der Waals surface area contributed by atoms with Crippen LogP contribution in [0.3, 0.4) is 0 Å². The molecule has 3 aromatic rings. The first-order valence-corrected chi connectivity index (χ1v) is 8.90. The first-order chi connectivity index (χ1) is 12.7. The lowest BCUT2D eigenvalue weighted by Crippen LogP contribution is -2.24. The topological polar surface area (TPSA) is 56.1 Å². The van der Waals surface area contributed by atoms with E-state index in [1.165, 1.54) is 5.56 Å². The van der Waals surface area contributed by atoms with Gasteiger partial charge in [-0.1, -0.05) is 12.1 Å². The van der Waals surface area contributed by atoms with E-state index in [-0.39, 0.29) is 6.04 Å². The molecule has 3 heterocycles. The lowest BCUT2D eigenvalue weighted by molar-refractivity contribution is 0.414. The Hall–Kier alpha value is -2.89. The molecule has 0 saturated carbocycles. The molecular formula is C20H23N5O. The highest BCUT2D eigenvalue weighted by molar-refractivity contribution is 5.62. The molecule has 134 valence electrons. The zero-order valence-corrected chi connectivity index (χ0v) is 15.4. The number of aryl methyl sites for hydroxylation is 2. The van der Waals surface area contributed by atoms with E-state index in [4.69, 9.17) is 9.72 Å². The van der Waals surface area contributed by atoms with Crippen LogP contribution in [0.25, 0.3) is 11.3 Å². The van der Waals surface area contributed by atoms with Crippen molar-refractivity contribution in [2.24, 2.45) is 7.05 Å². The Morgan fingerprint density at radius 2 is 2.12 bits per heavy atom. The van der Waals surface area contributed by atoms with Crippen LogP contribution < -0.4 is 9.64 Å². The Kier molecular flexibility index (Phi) is 4.32. The van der Waals surface area contributed by atoms with Crippen LogP contribution in [0.2, 0.25) is 0 Å². The summed E-state index contributed by atoms with van der Waals surface area (Å²) >= 11 is 0. The molecule has 6 heteroatoms. The zero-order valence-electron chi connectivity index (χ0n) is 15.4. The monoisotopic (exact) mass is 349 g/mol. The summed E-state index contributed by atoms with van der Waals surface area (Å²) in [7, 11) is 3.63. The van der Waals surface area contributed by atoms with Crippen LogP contribution in [0.4, 0.5) is 5.95 Å². The summed E-state index contributed by atoms with van der Waals surface area (Å²) in [5.74, 6) is 1.66. The normalized spacial score (nSPS) is 16.9. The highest BCUT2D eigenvalue weighted by Gasteiger charge is 2.28. The number of hydrogen-bond donors (Lipinski definition) is 0. The summed E-state index contributed by atoms with van der Waals surface area (Å²) in [6.45, 7) is 2.96. The molecule has 0 N–H and O–H groups in total. The second kappa shape index (κ2) is 6.78. The van der Waals surface area contributed by atoms with E-state index < -0.39 is 0 Å². The van der Waals surface area contributed by atoms with Gasteiger partial charge in [0.2, 0.25) is 5.95 Å². The van der Waals surface area contributed by atoms with Gasteiger partial charge < -0.3 is 9.64 Å². The summed E-state index contributed by atoms with van der Waals surface area (Å²) in [4.78, 5) is 11.7. The lowest BCUT2D eigenvalue weighted by Gasteiger charge is -2.25. The highest BCUT2D eigenvalue weighted by atomic mass is 16.5. The Labute approximate surface area is 153 Å². The van der Waals surface area contributed by atoms with Gasteiger partial charge in [0.25, 0.3) is 0 Å². The van der Waals surface area contributed by atoms with E-state index in [9.17, 15) is 0 Å². The van der Waals surface area contributed by atoms with Crippen LogP contribution in [0.15, 0.2) is 42.7 Å². The Morgan fingerprint density at radius 1 is 1.23 bits per heavy atom. The lowest BCUT2D eigenvalue weighted by atomic mass is 10.0. The van der Waals surface area contributed by atoms with E-state index in [0.717, 1.165) is 48.0 Å². The van der Waals surface area contributed by atoms with E-state index in [1.54, 1.807) is 7.11 Å². The maximum absolute atomic E-state index is 5.39. The first kappa shape index (κ1) is 16.6. The van der Waals surface area contributed by atoms with Gasteiger partial charge in [-0.05, 0) is 43.5 Å². The maximum Gasteiger partial charge on any atom is 0.226 e. The van der Waals surface area contributed by atoms with Gasteiger partial charge in [-0.25, -0.2) is 9.97 Å². The number of methoxy groups -OCH3 is 1. The van der Waals surface area contributed by atoms with E-state index in [1.807, 2.05) is 49.2 Å². The number of aromatic nitrogens is 4. The van der Waals surface area contributed by atoms with Gasteiger partial charge in [-0.3, -0.25) is 4.68 Å². The summed E-state index contributed by atoms with van der Waals surface area (Å²) in [6, 6.07) is 10.5. The minimum Gasteiger partial charge on any atom is -0.497 e. The van der Waals surface area contributed by atoms with Crippen molar-refractivity contribution in [2.45, 2.75) is 25.8 Å². The van der Waals surface area contributed by atoms with Crippen LogP contribution >= 0.6 is 0 Å². The molecular weight excluding hydrogens is 326 g/mol. The number of hydrogen-bond acceptors (Lipinski definition) is 5. The molecule has 1 fully saturated rings. The first-order valence-electron chi connectivity index (χ1n) is 8.90. The summed E-state index contributed by atoms with van der Waals surface area (Å²) in [6.07, 6.45) is 6.06. The molecule has 0 aliphatic carbocycles. The highest BCUT2D eigenvalue weighted by Crippen LogP contribution is 2.36. The van der Waals surface area contributed by atoms with Crippen molar-refractivity contribution in [1.82, 2.24) is 19.7 Å². The molecule has 0 spiro atoms. The molecule has 6 nitrogen and oxygen atoms in total. The van der Waals surface area contributed by atoms with Crippen molar-refractivity contribution in [2.75, 3.05) is 18.6 Å². The molecule has 1 aliphatic rings. The molecule has 4 rings (SSSR count). The van der Waals surface area contributed by atoms with Gasteiger partial charge >= 0.3 is 0 Å². The fourth-order valence-electron chi connectivity index (χ4n) is 3.69. The van der Waals surface area contributed by atoms with Crippen molar-refractivity contribution < 1.29 is 4.74 Å². The van der Waals surface area contributed by atoms with Crippen LogP contribution in [0, 0.1) is 6.92 Å². The predicted molar refractivity (Wildman–Crippen MR) is 101 cm³/mol. The molecule has 0 radical (unpaired) electrons. The molecule has 1 saturated heterocycles. The van der Waals surface area contributed by atoms with Gasteiger partial charge in [-0.15, -0.1) is 0 Å². The van der Waals surface area contributed by atoms with Crippen LogP contribution in [-0.4, -0.2) is 33.4 Å². The van der Waals surface area contributed by atoms with E-state index >= 15 is 0 Å². The van der Waals surface area contributed by atoms with Crippen molar-refractivity contribution >= 4 is 5.95 Å². The Balaban J connectivity index is 1.68. The molecule has 0 unspecified atom stereocenters. The van der Waals surface area contributed by atoms with E-state index in [0.29, 0.717) is 0 Å². The molecule has 2 aromatic heterocycles. The van der Waals surface area contributed by atoms with Crippen LogP contribution in [0.1, 0.15) is 30.1 Å². The quantitative estimate of drug-likeness (QED) is 0.721. The van der Waals surface area contributed by atoms with Crippen LogP contribution in [0.5, 0.6) is 5.75 Å². The minimum absolute atomic E-state index is 0.273. The van der Waals surface area contributed by atoms with Crippen molar-refractivity contribution in [3.63, 3.8) is 0 Å². The minimum atomic E-state index is 0.273. The molecule has 1 atom stereocenters. The SMILES string of the molecule is COc1cccc([C@@H]2CCCN2c2nccc(-c3cn(C)nc3C)n2)c1. The third-order valence-electron chi connectivity index (χ3n) is 4.92. The van der Waals surface area contributed by atoms with Gasteiger partial charge in [-0.2, -0.15) is 5.10 Å². The van der Waals surface area contributed by atoms with Gasteiger partial charge in [0, 0.05) is 31.5 Å². The Bertz CT molecular complexity index is 920. The van der Waals surface area contributed by atoms with Crippen LogP contribution in [-0.2, 0) is 7.05 Å². The number of ether oxygens (including phenoxy) is 1. The zero-order chi connectivity index (χ0) is 18.1. The molecule has 1 aliphatic heterocycles. The van der Waals surface area contributed by atoms with Gasteiger partial charge in [0.05, 0.1) is 24.5 Å². The Morgan fingerprint density at radius 3 is 2.88 bits per heavy atom. The third-order valence-corrected chi connectivity index (χ3v) is 4.92. The number of rotatable bonds is 4. The standard InChI is InChI=1S/C20H23N5O/c1-14-17(13-24(2)23-14)18-9-10-21-20(22-18)25-11-5-8-19(25)15-6-4-7-16(12-15)26-3/h4,6-7,9-10,12-13,19H,5,8,11H2,1-3H3/t19-/m0/s1. The predicted octanol–water partition coefficient (Wildman–Crippen LogP) is 3.54. The smallest absolute Gasteiger partial charge is 0.226 e. The molecule has 0 bridgehead atoms. The van der Waals surface area contributed by atoms with Gasteiger partial charge in [0.1, 0.15) is 5.75 Å². The van der Waals surface area contributed by atoms with Gasteiger partial charge in [0.15, 0.2) is 0 Å². The second-order valence-corrected chi connectivity index (χ2v) is 6.67. The summed E-state index contributed by atoms with van der Waals surface area (Å²) < 4.78 is 7.21. The maximum atomic E-state index is 5.39. The average molecular weight is 349 g/mol.